The summed E-state index contributed by atoms with van der Waals surface area (Å²) in [7, 11) is 0. The van der Waals surface area contributed by atoms with Crippen molar-refractivity contribution < 1.29 is 14.1 Å². The summed E-state index contributed by atoms with van der Waals surface area (Å²) in [5.41, 5.74) is 5.58. The first-order chi connectivity index (χ1) is 18.0. The summed E-state index contributed by atoms with van der Waals surface area (Å²) < 4.78 is 10.6. The van der Waals surface area contributed by atoms with Gasteiger partial charge in [-0.1, -0.05) is 67.0 Å². The van der Waals surface area contributed by atoms with Crippen molar-refractivity contribution in [2.75, 3.05) is 13.2 Å². The zero-order valence-electron chi connectivity index (χ0n) is 21.3. The maximum atomic E-state index is 12.0. The van der Waals surface area contributed by atoms with Crippen LogP contribution in [-0.2, 0) is 17.6 Å². The zero-order valence-corrected chi connectivity index (χ0v) is 21.3. The number of rotatable bonds is 11. The summed E-state index contributed by atoms with van der Waals surface area (Å²) in [6.07, 6.45) is 3.43. The molecule has 2 N–H and O–H groups in total. The Morgan fingerprint density at radius 2 is 1.81 bits per heavy atom. The number of likely N-dealkylation sites (N-methyl/N-ethyl adjacent to an activating group) is 1. The van der Waals surface area contributed by atoms with Crippen molar-refractivity contribution in [3.63, 3.8) is 0 Å². The monoisotopic (exact) mass is 501 g/mol. The molecule has 0 spiro atoms. The molecular weight excluding hydrogens is 470 g/mol. The van der Waals surface area contributed by atoms with Gasteiger partial charge in [0, 0.05) is 24.1 Å². The lowest BCUT2D eigenvalue weighted by Crippen LogP contribution is -2.29. The molecule has 0 bridgehead atoms. The van der Waals surface area contributed by atoms with Crippen molar-refractivity contribution in [3.8, 4) is 28.4 Å². The fraction of sp³-hybridized carbons (Fsp3) is 0.321. The molecule has 2 aromatic carbocycles. The van der Waals surface area contributed by atoms with Crippen LogP contribution in [0.2, 0.25) is 0 Å². The van der Waals surface area contributed by atoms with Crippen molar-refractivity contribution in [1.82, 2.24) is 25.4 Å². The lowest BCUT2D eigenvalue weighted by molar-refractivity contribution is -0.123. The van der Waals surface area contributed by atoms with Gasteiger partial charge in [0.1, 0.15) is 5.82 Å². The van der Waals surface area contributed by atoms with Gasteiger partial charge in [0.2, 0.25) is 5.88 Å². The second-order valence-electron chi connectivity index (χ2n) is 8.71. The van der Waals surface area contributed by atoms with Crippen LogP contribution in [0.3, 0.4) is 0 Å². The molecule has 9 nitrogen and oxygen atoms in total. The summed E-state index contributed by atoms with van der Waals surface area (Å²) in [4.78, 5) is 35.3. The largest absolute Gasteiger partial charge is 0.467 e. The third kappa shape index (κ3) is 6.49. The molecule has 1 amide bonds. The van der Waals surface area contributed by atoms with Gasteiger partial charge >= 0.3 is 5.76 Å². The van der Waals surface area contributed by atoms with Gasteiger partial charge < -0.3 is 10.1 Å². The molecule has 0 atom stereocenters. The maximum absolute atomic E-state index is 12.0. The normalized spacial score (nSPS) is 10.9. The van der Waals surface area contributed by atoms with Crippen molar-refractivity contribution >= 4 is 5.91 Å². The number of aryl methyl sites for hydroxylation is 2. The molecular formula is C28H31N5O4. The van der Waals surface area contributed by atoms with E-state index in [0.29, 0.717) is 30.5 Å². The number of ether oxygens (including phenoxy) is 1. The van der Waals surface area contributed by atoms with E-state index in [-0.39, 0.29) is 12.5 Å². The van der Waals surface area contributed by atoms with Gasteiger partial charge in [-0.05, 0) is 43.4 Å². The van der Waals surface area contributed by atoms with Crippen LogP contribution in [0.5, 0.6) is 5.88 Å². The van der Waals surface area contributed by atoms with Gasteiger partial charge in [-0.3, -0.25) is 14.3 Å². The highest BCUT2D eigenvalue weighted by molar-refractivity contribution is 5.80. The van der Waals surface area contributed by atoms with Crippen molar-refractivity contribution in [2.45, 2.75) is 46.5 Å². The molecule has 0 saturated heterocycles. The van der Waals surface area contributed by atoms with Crippen LogP contribution in [0.15, 0.2) is 57.8 Å². The number of aromatic amines is 1. The molecule has 37 heavy (non-hydrogen) atoms. The third-order valence-corrected chi connectivity index (χ3v) is 5.92. The number of H-pyrrole nitrogens is 1. The van der Waals surface area contributed by atoms with E-state index in [1.165, 1.54) is 0 Å². The molecule has 0 aliphatic heterocycles. The predicted octanol–water partition coefficient (Wildman–Crippen LogP) is 4.24. The van der Waals surface area contributed by atoms with Crippen molar-refractivity contribution in [3.05, 3.63) is 81.7 Å². The number of unbranched alkanes of at least 4 members (excludes halogenated alkanes) is 1. The summed E-state index contributed by atoms with van der Waals surface area (Å²) in [5.74, 6) is 0.685. The SMILES string of the molecule is CCCCc1nc(C)nc(OCC(=O)NCC)c1Cc1ccc(-c2ccccc2-c2noc(=O)[nH]2)cc1. The van der Waals surface area contributed by atoms with Crippen LogP contribution in [0, 0.1) is 6.92 Å². The van der Waals surface area contributed by atoms with Gasteiger partial charge in [0.15, 0.2) is 12.4 Å². The fourth-order valence-electron chi connectivity index (χ4n) is 4.15. The quantitative estimate of drug-likeness (QED) is 0.315. The van der Waals surface area contributed by atoms with E-state index in [9.17, 15) is 9.59 Å². The Morgan fingerprint density at radius 1 is 1.05 bits per heavy atom. The van der Waals surface area contributed by atoms with E-state index >= 15 is 0 Å². The zero-order chi connectivity index (χ0) is 26.2. The van der Waals surface area contributed by atoms with Crippen LogP contribution < -0.4 is 15.8 Å². The Balaban J connectivity index is 1.63. The highest BCUT2D eigenvalue weighted by atomic mass is 16.5. The second kappa shape index (κ2) is 12.1. The predicted molar refractivity (Wildman–Crippen MR) is 140 cm³/mol. The molecule has 9 heteroatoms. The topological polar surface area (TPSA) is 123 Å². The van der Waals surface area contributed by atoms with Gasteiger partial charge in [0.05, 0.1) is 5.69 Å². The Morgan fingerprint density at radius 3 is 2.49 bits per heavy atom. The number of hydrogen-bond acceptors (Lipinski definition) is 7. The summed E-state index contributed by atoms with van der Waals surface area (Å²) in [6.45, 7) is 6.30. The molecule has 0 radical (unpaired) electrons. The number of aromatic nitrogens is 4. The maximum Gasteiger partial charge on any atom is 0.439 e. The smallest absolute Gasteiger partial charge is 0.439 e. The molecule has 2 heterocycles. The lowest BCUT2D eigenvalue weighted by atomic mass is 9.96. The Kier molecular flexibility index (Phi) is 8.45. The number of nitrogens with zero attached hydrogens (tertiary/aromatic N) is 3. The van der Waals surface area contributed by atoms with Crippen LogP contribution in [0.1, 0.15) is 49.3 Å². The molecule has 192 valence electrons. The van der Waals surface area contributed by atoms with Crippen molar-refractivity contribution in [2.24, 2.45) is 0 Å². The molecule has 0 aliphatic carbocycles. The molecule has 2 aromatic heterocycles. The van der Waals surface area contributed by atoms with E-state index in [1.54, 1.807) is 0 Å². The van der Waals surface area contributed by atoms with Gasteiger partial charge in [0.25, 0.3) is 5.91 Å². The van der Waals surface area contributed by atoms with Gasteiger partial charge in [-0.2, -0.15) is 4.98 Å². The van der Waals surface area contributed by atoms with Crippen LogP contribution in [-0.4, -0.2) is 39.2 Å². The molecule has 0 unspecified atom stereocenters. The summed E-state index contributed by atoms with van der Waals surface area (Å²) in [5, 5.41) is 6.59. The minimum absolute atomic E-state index is 0.0929. The standard InChI is InChI=1S/C28H31N5O4/c1-4-6-11-24-23(27(31-18(3)30-24)36-17-25(34)29-5-2)16-19-12-14-20(15-13-19)21-9-7-8-10-22(21)26-32-28(35)37-33-26/h7-10,12-15H,4-6,11,16-17H2,1-3H3,(H,29,34)(H,32,33,35). The van der Waals surface area contributed by atoms with Gasteiger partial charge in [-0.15, -0.1) is 0 Å². The molecule has 0 fully saturated rings. The second-order valence-corrected chi connectivity index (χ2v) is 8.71. The van der Waals surface area contributed by atoms with E-state index in [2.05, 4.69) is 39.5 Å². The number of nitrogens with one attached hydrogen (secondary N) is 2. The highest BCUT2D eigenvalue weighted by Gasteiger charge is 2.17. The number of hydrogen-bond donors (Lipinski definition) is 2. The number of carbonyl (C=O) groups is 1. The Hall–Kier alpha value is -4.27. The number of benzene rings is 2. The average molecular weight is 502 g/mol. The minimum atomic E-state index is -0.593. The first kappa shape index (κ1) is 25.8. The molecule has 4 rings (SSSR count). The minimum Gasteiger partial charge on any atom is -0.467 e. The lowest BCUT2D eigenvalue weighted by Gasteiger charge is -2.16. The summed E-state index contributed by atoms with van der Waals surface area (Å²) >= 11 is 0. The number of carbonyl (C=O) groups excluding carboxylic acids is 1. The fourth-order valence-corrected chi connectivity index (χ4v) is 4.15. The van der Waals surface area contributed by atoms with E-state index < -0.39 is 5.76 Å². The van der Waals surface area contributed by atoms with E-state index in [1.807, 2.05) is 50.2 Å². The van der Waals surface area contributed by atoms with E-state index in [0.717, 1.165) is 52.8 Å². The average Bonchev–Trinajstić information content (AvgIpc) is 3.34. The number of amides is 1. The van der Waals surface area contributed by atoms with E-state index in [4.69, 9.17) is 14.2 Å². The first-order valence-corrected chi connectivity index (χ1v) is 12.5. The molecule has 4 aromatic rings. The third-order valence-electron chi connectivity index (χ3n) is 5.92. The van der Waals surface area contributed by atoms with Crippen LogP contribution in [0.4, 0.5) is 0 Å². The summed E-state index contributed by atoms with van der Waals surface area (Å²) in [6, 6.07) is 15.8. The first-order valence-electron chi connectivity index (χ1n) is 12.5. The Bertz CT molecular complexity index is 1410. The molecule has 0 aliphatic rings. The van der Waals surface area contributed by atoms with Crippen LogP contribution >= 0.6 is 0 Å². The van der Waals surface area contributed by atoms with Crippen molar-refractivity contribution in [1.29, 1.82) is 0 Å². The van der Waals surface area contributed by atoms with Crippen LogP contribution in [0.25, 0.3) is 22.5 Å². The molecule has 0 saturated carbocycles. The Labute approximate surface area is 215 Å². The highest BCUT2D eigenvalue weighted by Crippen LogP contribution is 2.31. The van der Waals surface area contributed by atoms with Gasteiger partial charge in [-0.25, -0.2) is 9.78 Å².